The summed E-state index contributed by atoms with van der Waals surface area (Å²) in [4.78, 5) is 23.7. The minimum Gasteiger partial charge on any atom is -0.399 e. The Bertz CT molecular complexity index is 895. The standard InChI is InChI=1S/C16H10ClF6N3O2/c17-11-6-9(24)1-2-12(11)26-14(28)13(27)25-10-4-7(15(18,19)20)3-8(5-10)16(21,22)23/h1-6H,24H2,(H,25,27)(H,26,28). The number of nitrogens with two attached hydrogens (primary N) is 1. The number of hydrogen-bond acceptors (Lipinski definition) is 3. The first kappa shape index (κ1) is 21.4. The Balaban J connectivity index is 2.26. The van der Waals surface area contributed by atoms with Crippen molar-refractivity contribution < 1.29 is 35.9 Å². The molecule has 0 unspecified atom stereocenters. The van der Waals surface area contributed by atoms with Gasteiger partial charge < -0.3 is 16.4 Å². The molecular formula is C16H10ClF6N3O2. The van der Waals surface area contributed by atoms with E-state index in [1.165, 1.54) is 18.2 Å². The molecule has 0 bridgehead atoms. The van der Waals surface area contributed by atoms with Crippen molar-refractivity contribution in [2.45, 2.75) is 12.4 Å². The van der Waals surface area contributed by atoms with Crippen molar-refractivity contribution in [2.24, 2.45) is 0 Å². The lowest BCUT2D eigenvalue weighted by Gasteiger charge is -2.15. The van der Waals surface area contributed by atoms with Gasteiger partial charge >= 0.3 is 24.2 Å². The fraction of sp³-hybridized carbons (Fsp3) is 0.125. The molecular weight excluding hydrogens is 416 g/mol. The molecule has 150 valence electrons. The van der Waals surface area contributed by atoms with Crippen LogP contribution in [0.3, 0.4) is 0 Å². The zero-order valence-electron chi connectivity index (χ0n) is 13.5. The maximum atomic E-state index is 12.8. The number of amides is 2. The molecule has 0 spiro atoms. The predicted octanol–water partition coefficient (Wildman–Crippen LogP) is 4.54. The Morgan fingerprint density at radius 2 is 1.32 bits per heavy atom. The number of benzene rings is 2. The van der Waals surface area contributed by atoms with E-state index in [1.54, 1.807) is 5.32 Å². The summed E-state index contributed by atoms with van der Waals surface area (Å²) in [5.41, 5.74) is 1.55. The number of nitrogens with one attached hydrogen (secondary N) is 2. The second-order valence-corrected chi connectivity index (χ2v) is 5.85. The summed E-state index contributed by atoms with van der Waals surface area (Å²) >= 11 is 5.80. The molecule has 28 heavy (non-hydrogen) atoms. The van der Waals surface area contributed by atoms with Crippen molar-refractivity contribution in [3.8, 4) is 0 Å². The van der Waals surface area contributed by atoms with Gasteiger partial charge in [-0.1, -0.05) is 11.6 Å². The van der Waals surface area contributed by atoms with E-state index in [2.05, 4.69) is 5.32 Å². The van der Waals surface area contributed by atoms with E-state index in [1.807, 2.05) is 0 Å². The van der Waals surface area contributed by atoms with Crippen LogP contribution in [0.2, 0.25) is 5.02 Å². The molecule has 2 rings (SSSR count). The Labute approximate surface area is 158 Å². The quantitative estimate of drug-likeness (QED) is 0.375. The first-order valence-electron chi connectivity index (χ1n) is 7.24. The lowest BCUT2D eigenvalue weighted by atomic mass is 10.1. The van der Waals surface area contributed by atoms with E-state index < -0.39 is 41.0 Å². The van der Waals surface area contributed by atoms with E-state index in [9.17, 15) is 35.9 Å². The largest absolute Gasteiger partial charge is 0.416 e. The normalized spacial score (nSPS) is 11.8. The Kier molecular flexibility index (Phi) is 5.78. The average Bonchev–Trinajstić information content (AvgIpc) is 2.55. The van der Waals surface area contributed by atoms with Gasteiger partial charge in [-0.25, -0.2) is 0 Å². The molecule has 2 amide bonds. The van der Waals surface area contributed by atoms with Gasteiger partial charge in [-0.15, -0.1) is 0 Å². The molecule has 0 aromatic heterocycles. The first-order chi connectivity index (χ1) is 12.8. The number of carbonyl (C=O) groups excluding carboxylic acids is 2. The molecule has 0 aliphatic carbocycles. The zero-order chi connectivity index (χ0) is 21.3. The highest BCUT2D eigenvalue weighted by molar-refractivity contribution is 6.44. The van der Waals surface area contributed by atoms with Gasteiger partial charge in [0.2, 0.25) is 0 Å². The van der Waals surface area contributed by atoms with Gasteiger partial charge in [-0.05, 0) is 36.4 Å². The molecule has 0 heterocycles. The number of alkyl halides is 6. The second kappa shape index (κ2) is 7.58. The highest BCUT2D eigenvalue weighted by atomic mass is 35.5. The zero-order valence-corrected chi connectivity index (χ0v) is 14.3. The molecule has 5 nitrogen and oxygen atoms in total. The molecule has 2 aromatic rings. The van der Waals surface area contributed by atoms with Crippen molar-refractivity contribution >= 4 is 40.5 Å². The van der Waals surface area contributed by atoms with Crippen LogP contribution in [0.1, 0.15) is 11.1 Å². The fourth-order valence-corrected chi connectivity index (χ4v) is 2.26. The van der Waals surface area contributed by atoms with Gasteiger partial charge in [-0.2, -0.15) is 26.3 Å². The summed E-state index contributed by atoms with van der Waals surface area (Å²) in [6.07, 6.45) is -10.2. The first-order valence-corrected chi connectivity index (χ1v) is 7.62. The highest BCUT2D eigenvalue weighted by Gasteiger charge is 2.37. The molecule has 0 radical (unpaired) electrons. The van der Waals surface area contributed by atoms with Crippen LogP contribution in [0, 0.1) is 0 Å². The Morgan fingerprint density at radius 1 is 0.821 bits per heavy atom. The van der Waals surface area contributed by atoms with Crippen LogP contribution < -0.4 is 16.4 Å². The van der Waals surface area contributed by atoms with Crippen molar-refractivity contribution in [1.82, 2.24) is 0 Å². The number of rotatable bonds is 2. The van der Waals surface area contributed by atoms with E-state index in [4.69, 9.17) is 17.3 Å². The summed E-state index contributed by atoms with van der Waals surface area (Å²) in [5, 5.41) is 3.74. The van der Waals surface area contributed by atoms with Gasteiger partial charge in [-0.3, -0.25) is 9.59 Å². The maximum Gasteiger partial charge on any atom is 0.416 e. The maximum absolute atomic E-state index is 12.8. The van der Waals surface area contributed by atoms with Crippen molar-refractivity contribution in [3.63, 3.8) is 0 Å². The topological polar surface area (TPSA) is 84.2 Å². The average molecular weight is 426 g/mol. The van der Waals surface area contributed by atoms with Gasteiger partial charge in [0.1, 0.15) is 0 Å². The monoisotopic (exact) mass is 425 g/mol. The molecule has 0 aliphatic heterocycles. The van der Waals surface area contributed by atoms with Crippen molar-refractivity contribution in [2.75, 3.05) is 16.4 Å². The SMILES string of the molecule is Nc1ccc(NC(=O)C(=O)Nc2cc(C(F)(F)F)cc(C(F)(F)F)c2)c(Cl)c1. The summed E-state index contributed by atoms with van der Waals surface area (Å²) in [6.45, 7) is 0. The number of anilines is 3. The smallest absolute Gasteiger partial charge is 0.399 e. The molecule has 4 N–H and O–H groups in total. The van der Waals surface area contributed by atoms with E-state index in [0.717, 1.165) is 0 Å². The molecule has 0 saturated carbocycles. The van der Waals surface area contributed by atoms with Gasteiger partial charge in [0, 0.05) is 11.4 Å². The lowest BCUT2D eigenvalue weighted by Crippen LogP contribution is -2.29. The van der Waals surface area contributed by atoms with Gasteiger partial charge in [0.25, 0.3) is 0 Å². The van der Waals surface area contributed by atoms with Gasteiger partial charge in [0.15, 0.2) is 0 Å². The molecule has 0 fully saturated rings. The third kappa shape index (κ3) is 5.28. The summed E-state index contributed by atoms with van der Waals surface area (Å²) in [7, 11) is 0. The number of nitrogen functional groups attached to an aromatic ring is 1. The summed E-state index contributed by atoms with van der Waals surface area (Å²) < 4.78 is 76.9. The van der Waals surface area contributed by atoms with Crippen LogP contribution in [-0.4, -0.2) is 11.8 Å². The van der Waals surface area contributed by atoms with Crippen LogP contribution in [0.5, 0.6) is 0 Å². The van der Waals surface area contributed by atoms with E-state index in [0.29, 0.717) is 0 Å². The third-order valence-electron chi connectivity index (χ3n) is 3.29. The molecule has 0 aliphatic rings. The van der Waals surface area contributed by atoms with Crippen LogP contribution in [-0.2, 0) is 21.9 Å². The summed E-state index contributed by atoms with van der Waals surface area (Å²) in [6, 6.07) is 4.31. The molecule has 12 heteroatoms. The van der Waals surface area contributed by atoms with Crippen molar-refractivity contribution in [1.29, 1.82) is 0 Å². The van der Waals surface area contributed by atoms with Crippen LogP contribution in [0.15, 0.2) is 36.4 Å². The molecule has 0 atom stereocenters. The van der Waals surface area contributed by atoms with Gasteiger partial charge in [0.05, 0.1) is 21.8 Å². The Morgan fingerprint density at radius 3 is 1.79 bits per heavy atom. The van der Waals surface area contributed by atoms with Crippen LogP contribution in [0.25, 0.3) is 0 Å². The third-order valence-corrected chi connectivity index (χ3v) is 3.61. The minimum atomic E-state index is -5.10. The molecule has 0 saturated heterocycles. The van der Waals surface area contributed by atoms with E-state index >= 15 is 0 Å². The predicted molar refractivity (Wildman–Crippen MR) is 89.6 cm³/mol. The minimum absolute atomic E-state index is 0.0282. The number of carbonyl (C=O) groups is 2. The second-order valence-electron chi connectivity index (χ2n) is 5.44. The number of halogens is 7. The van der Waals surface area contributed by atoms with E-state index in [-0.39, 0.29) is 34.6 Å². The fourth-order valence-electron chi connectivity index (χ4n) is 2.03. The lowest BCUT2D eigenvalue weighted by molar-refractivity contribution is -0.143. The van der Waals surface area contributed by atoms with Crippen molar-refractivity contribution in [3.05, 3.63) is 52.5 Å². The highest BCUT2D eigenvalue weighted by Crippen LogP contribution is 2.37. The Hall–Kier alpha value is -2.95. The molecule has 2 aromatic carbocycles. The van der Waals surface area contributed by atoms with Crippen LogP contribution >= 0.6 is 11.6 Å². The van der Waals surface area contributed by atoms with Crippen LogP contribution in [0.4, 0.5) is 43.4 Å². The summed E-state index contributed by atoms with van der Waals surface area (Å²) in [5.74, 6) is -2.86. The number of hydrogen-bond donors (Lipinski definition) is 3.